The van der Waals surface area contributed by atoms with Gasteiger partial charge in [-0.1, -0.05) is 16.8 Å². The van der Waals surface area contributed by atoms with Crippen LogP contribution in [0.4, 0.5) is 0 Å². The number of esters is 1. The lowest BCUT2D eigenvalue weighted by molar-refractivity contribution is 0.0464. The Balaban J connectivity index is 1.62. The van der Waals surface area contributed by atoms with Crippen molar-refractivity contribution in [1.29, 1.82) is 0 Å². The molecule has 0 aliphatic heterocycles. The average Bonchev–Trinajstić information content (AvgIpc) is 3.16. The van der Waals surface area contributed by atoms with Gasteiger partial charge in [-0.3, -0.25) is 0 Å². The van der Waals surface area contributed by atoms with Gasteiger partial charge in [0.2, 0.25) is 5.76 Å². The highest BCUT2D eigenvalue weighted by Gasteiger charge is 2.12. The molecule has 1 aromatic carbocycles. The van der Waals surface area contributed by atoms with E-state index >= 15 is 0 Å². The number of aromatic nitrogens is 1. The molecule has 106 valence electrons. The van der Waals surface area contributed by atoms with Crippen LogP contribution >= 0.6 is 11.6 Å². The largest absolute Gasteiger partial charge is 0.461 e. The van der Waals surface area contributed by atoms with Gasteiger partial charge in [0.1, 0.15) is 12.3 Å². The predicted octanol–water partition coefficient (Wildman–Crippen LogP) is 3.95. The maximum Gasteiger partial charge on any atom is 0.338 e. The lowest BCUT2D eigenvalue weighted by atomic mass is 10.2. The number of benzene rings is 1. The van der Waals surface area contributed by atoms with Crippen LogP contribution in [0.3, 0.4) is 0 Å². The van der Waals surface area contributed by atoms with Crippen LogP contribution < -0.4 is 0 Å². The molecule has 0 N–H and O–H groups in total. The molecule has 0 fully saturated rings. The van der Waals surface area contributed by atoms with E-state index in [2.05, 4.69) is 5.16 Å². The van der Waals surface area contributed by atoms with Crippen molar-refractivity contribution in [2.45, 2.75) is 6.61 Å². The molecule has 0 atom stereocenters. The van der Waals surface area contributed by atoms with Crippen LogP contribution in [0.25, 0.3) is 11.5 Å². The molecule has 0 saturated heterocycles. The molecule has 0 saturated carbocycles. The number of ether oxygens (including phenoxy) is 1. The Labute approximate surface area is 125 Å². The molecule has 0 unspecified atom stereocenters. The quantitative estimate of drug-likeness (QED) is 0.683. The van der Waals surface area contributed by atoms with Crippen molar-refractivity contribution < 1.29 is 18.5 Å². The Morgan fingerprint density at radius 2 is 2.00 bits per heavy atom. The third kappa shape index (κ3) is 3.14. The van der Waals surface area contributed by atoms with Crippen LogP contribution in [-0.2, 0) is 11.3 Å². The molecule has 2 heterocycles. The number of carbonyl (C=O) groups excluding carboxylic acids is 1. The number of hydrogen-bond donors (Lipinski definition) is 0. The lowest BCUT2D eigenvalue weighted by Gasteiger charge is -2.02. The number of halogens is 1. The Morgan fingerprint density at radius 3 is 2.71 bits per heavy atom. The van der Waals surface area contributed by atoms with Crippen LogP contribution in [0.2, 0.25) is 5.02 Å². The number of rotatable bonds is 4. The summed E-state index contributed by atoms with van der Waals surface area (Å²) < 4.78 is 15.4. The van der Waals surface area contributed by atoms with Gasteiger partial charge < -0.3 is 13.7 Å². The minimum Gasteiger partial charge on any atom is -0.461 e. The molecule has 0 aliphatic rings. The van der Waals surface area contributed by atoms with Gasteiger partial charge in [-0.25, -0.2) is 4.79 Å². The van der Waals surface area contributed by atoms with Crippen LogP contribution in [0.5, 0.6) is 0 Å². The maximum atomic E-state index is 11.8. The number of nitrogens with zero attached hydrogens (tertiary/aromatic N) is 1. The summed E-state index contributed by atoms with van der Waals surface area (Å²) >= 11 is 5.76. The van der Waals surface area contributed by atoms with Crippen molar-refractivity contribution >= 4 is 17.6 Å². The van der Waals surface area contributed by atoms with Crippen molar-refractivity contribution in [3.8, 4) is 11.5 Å². The Morgan fingerprint density at radius 1 is 1.19 bits per heavy atom. The van der Waals surface area contributed by atoms with Crippen LogP contribution in [-0.4, -0.2) is 11.1 Å². The fourth-order valence-corrected chi connectivity index (χ4v) is 1.85. The van der Waals surface area contributed by atoms with E-state index in [-0.39, 0.29) is 6.61 Å². The van der Waals surface area contributed by atoms with Gasteiger partial charge in [-0.2, -0.15) is 0 Å². The van der Waals surface area contributed by atoms with E-state index < -0.39 is 5.97 Å². The zero-order chi connectivity index (χ0) is 14.7. The Bertz CT molecular complexity index is 731. The molecule has 0 bridgehead atoms. The number of carbonyl (C=O) groups is 1. The van der Waals surface area contributed by atoms with E-state index in [4.69, 9.17) is 25.3 Å². The van der Waals surface area contributed by atoms with Crippen molar-refractivity contribution in [1.82, 2.24) is 5.16 Å². The number of furan rings is 1. The molecule has 5 nitrogen and oxygen atoms in total. The summed E-state index contributed by atoms with van der Waals surface area (Å²) in [6.45, 7) is 0.0195. The zero-order valence-corrected chi connectivity index (χ0v) is 11.5. The van der Waals surface area contributed by atoms with Crippen molar-refractivity contribution in [3.63, 3.8) is 0 Å². The first kappa shape index (κ1) is 13.5. The molecule has 0 aliphatic carbocycles. The highest BCUT2D eigenvalue weighted by molar-refractivity contribution is 6.30. The van der Waals surface area contributed by atoms with Gasteiger partial charge in [0.05, 0.1) is 11.8 Å². The van der Waals surface area contributed by atoms with E-state index in [0.29, 0.717) is 27.8 Å². The zero-order valence-electron chi connectivity index (χ0n) is 10.8. The molecular weight excluding hydrogens is 294 g/mol. The first-order chi connectivity index (χ1) is 10.2. The van der Waals surface area contributed by atoms with Crippen LogP contribution in [0, 0.1) is 0 Å². The molecule has 2 aromatic heterocycles. The fourth-order valence-electron chi connectivity index (χ4n) is 1.72. The van der Waals surface area contributed by atoms with Crippen molar-refractivity contribution in [3.05, 3.63) is 65.0 Å². The first-order valence-corrected chi connectivity index (χ1v) is 6.52. The predicted molar refractivity (Wildman–Crippen MR) is 74.8 cm³/mol. The molecule has 0 spiro atoms. The van der Waals surface area contributed by atoms with Crippen LogP contribution in [0.1, 0.15) is 16.1 Å². The topological polar surface area (TPSA) is 65.5 Å². The standard InChI is InChI=1S/C15H10ClNO4/c16-11-5-3-10(4-6-11)15(18)20-9-12-8-14(21-17-12)13-2-1-7-19-13/h1-8H,9H2. The average molecular weight is 304 g/mol. The van der Waals surface area contributed by atoms with E-state index in [1.807, 2.05) is 0 Å². The molecule has 0 amide bonds. The van der Waals surface area contributed by atoms with E-state index in [0.717, 1.165) is 0 Å². The maximum absolute atomic E-state index is 11.8. The second-order valence-electron chi connectivity index (χ2n) is 4.24. The normalized spacial score (nSPS) is 10.5. The summed E-state index contributed by atoms with van der Waals surface area (Å²) in [5.74, 6) is 0.601. The van der Waals surface area contributed by atoms with Gasteiger partial charge in [0.25, 0.3) is 0 Å². The summed E-state index contributed by atoms with van der Waals surface area (Å²) in [5.41, 5.74) is 0.929. The fraction of sp³-hybridized carbons (Fsp3) is 0.0667. The molecule has 3 aromatic rings. The molecule has 3 rings (SSSR count). The minimum absolute atomic E-state index is 0.0195. The SMILES string of the molecule is O=C(OCc1cc(-c2ccco2)on1)c1ccc(Cl)cc1. The summed E-state index contributed by atoms with van der Waals surface area (Å²) in [7, 11) is 0. The van der Waals surface area contributed by atoms with Crippen molar-refractivity contribution in [2.24, 2.45) is 0 Å². The second-order valence-corrected chi connectivity index (χ2v) is 4.68. The van der Waals surface area contributed by atoms with E-state index in [9.17, 15) is 4.79 Å². The number of hydrogen-bond acceptors (Lipinski definition) is 5. The summed E-state index contributed by atoms with van der Waals surface area (Å²) in [4.78, 5) is 11.8. The molecule has 6 heteroatoms. The smallest absolute Gasteiger partial charge is 0.338 e. The van der Waals surface area contributed by atoms with Crippen LogP contribution in [0.15, 0.2) is 57.7 Å². The van der Waals surface area contributed by atoms with Gasteiger partial charge in [-0.15, -0.1) is 0 Å². The minimum atomic E-state index is -0.450. The lowest BCUT2D eigenvalue weighted by Crippen LogP contribution is -2.05. The van der Waals surface area contributed by atoms with Crippen molar-refractivity contribution in [2.75, 3.05) is 0 Å². The van der Waals surface area contributed by atoms with Gasteiger partial charge in [0.15, 0.2) is 5.76 Å². The Hall–Kier alpha value is -2.53. The monoisotopic (exact) mass is 303 g/mol. The third-order valence-corrected chi connectivity index (χ3v) is 3.01. The third-order valence-electron chi connectivity index (χ3n) is 2.75. The first-order valence-electron chi connectivity index (χ1n) is 6.14. The van der Waals surface area contributed by atoms with E-state index in [1.54, 1.807) is 42.5 Å². The summed E-state index contributed by atoms with van der Waals surface area (Å²) in [6, 6.07) is 11.6. The second kappa shape index (κ2) is 5.85. The molecular formula is C15H10ClNO4. The molecule has 21 heavy (non-hydrogen) atoms. The van der Waals surface area contributed by atoms with Gasteiger partial charge in [0, 0.05) is 11.1 Å². The summed E-state index contributed by atoms with van der Waals surface area (Å²) in [6.07, 6.45) is 1.54. The Kier molecular flexibility index (Phi) is 3.75. The van der Waals surface area contributed by atoms with Gasteiger partial charge in [-0.05, 0) is 36.4 Å². The molecule has 0 radical (unpaired) electrons. The van der Waals surface area contributed by atoms with Gasteiger partial charge >= 0.3 is 5.97 Å². The highest BCUT2D eigenvalue weighted by Crippen LogP contribution is 2.21. The highest BCUT2D eigenvalue weighted by atomic mass is 35.5. The summed E-state index contributed by atoms with van der Waals surface area (Å²) in [5, 5.41) is 4.38. The van der Waals surface area contributed by atoms with E-state index in [1.165, 1.54) is 6.26 Å².